The summed E-state index contributed by atoms with van der Waals surface area (Å²) in [6.45, 7) is 1.70. The molecule has 0 spiro atoms. The Morgan fingerprint density at radius 3 is 2.79 bits per heavy atom. The van der Waals surface area contributed by atoms with Crippen molar-refractivity contribution in [1.29, 1.82) is 5.41 Å². The molecule has 0 bridgehead atoms. The van der Waals surface area contributed by atoms with Crippen molar-refractivity contribution in [3.05, 3.63) is 57.8 Å². The van der Waals surface area contributed by atoms with Gasteiger partial charge in [0.2, 0.25) is 5.91 Å². The second-order valence-electron chi connectivity index (χ2n) is 6.72. The monoisotopic (exact) mass is 446 g/mol. The third kappa shape index (κ3) is 4.47. The maximum Gasteiger partial charge on any atom is 0.253 e. The Hall–Kier alpha value is -2.34. The molecule has 2 unspecified atom stereocenters. The molecule has 0 fully saturated rings. The van der Waals surface area contributed by atoms with E-state index in [1.807, 2.05) is 0 Å². The van der Waals surface area contributed by atoms with E-state index in [-0.39, 0.29) is 18.2 Å². The van der Waals surface area contributed by atoms with Gasteiger partial charge in [-0.3, -0.25) is 9.59 Å². The van der Waals surface area contributed by atoms with E-state index in [2.05, 4.69) is 32.5 Å². The summed E-state index contributed by atoms with van der Waals surface area (Å²) in [6, 6.07) is 8.58. The van der Waals surface area contributed by atoms with Crippen LogP contribution in [0.2, 0.25) is 5.02 Å². The largest absolute Gasteiger partial charge is 0.398 e. The van der Waals surface area contributed by atoms with Crippen LogP contribution in [0.1, 0.15) is 30.4 Å². The molecule has 1 heterocycles. The molecule has 0 aliphatic carbocycles. The van der Waals surface area contributed by atoms with Crippen molar-refractivity contribution in [3.8, 4) is 0 Å². The van der Waals surface area contributed by atoms with E-state index in [0.29, 0.717) is 43.4 Å². The number of nitrogens with two attached hydrogens (primary N) is 1. The molecule has 0 aromatic heterocycles. The first-order valence-electron chi connectivity index (χ1n) is 8.71. The summed E-state index contributed by atoms with van der Waals surface area (Å²) in [5.74, 6) is -0.937. The smallest absolute Gasteiger partial charge is 0.253 e. The third-order valence-electron chi connectivity index (χ3n) is 4.74. The molecular formula is C20H20ClN4O2PS. The molecule has 0 saturated carbocycles. The van der Waals surface area contributed by atoms with Crippen molar-refractivity contribution in [3.63, 3.8) is 0 Å². The van der Waals surface area contributed by atoms with E-state index in [0.717, 1.165) is 11.8 Å². The van der Waals surface area contributed by atoms with Crippen LogP contribution in [0.4, 0.5) is 11.4 Å². The fraction of sp³-hybridized carbons (Fsp3) is 0.150. The van der Waals surface area contributed by atoms with Crippen molar-refractivity contribution in [2.75, 3.05) is 11.1 Å². The number of carbonyl (C=O) groups excluding carboxylic acids is 2. The van der Waals surface area contributed by atoms with Crippen LogP contribution < -0.4 is 21.7 Å². The summed E-state index contributed by atoms with van der Waals surface area (Å²) in [5.41, 5.74) is 9.09. The highest BCUT2D eigenvalue weighted by molar-refractivity contribution is 7.80. The van der Waals surface area contributed by atoms with E-state index >= 15 is 0 Å². The maximum absolute atomic E-state index is 13.2. The van der Waals surface area contributed by atoms with Gasteiger partial charge in [0.25, 0.3) is 5.91 Å². The van der Waals surface area contributed by atoms with Crippen LogP contribution in [0.5, 0.6) is 0 Å². The second-order valence-corrected chi connectivity index (χ2v) is 8.23. The lowest BCUT2D eigenvalue weighted by Crippen LogP contribution is -2.35. The van der Waals surface area contributed by atoms with E-state index in [1.54, 1.807) is 37.3 Å². The molecule has 2 aromatic rings. The standard InChI is InChI=1S/C20H20ClN4O2PS/c1-9-19(20(27)25-15-4-11(8-22)14(23)7-16(15)28)12(6-18(26)24-9)10-2-3-13(21)17(29)5-10/h2-5,7-8,12,22,29H,6,23,28H2,1H3,(H,24,26)(H,25,27). The lowest BCUT2D eigenvalue weighted by atomic mass is 9.84. The Kier molecular flexibility index (Phi) is 6.32. The molecule has 0 saturated heterocycles. The van der Waals surface area contributed by atoms with Crippen molar-refractivity contribution in [1.82, 2.24) is 5.32 Å². The van der Waals surface area contributed by atoms with Gasteiger partial charge >= 0.3 is 0 Å². The topological polar surface area (TPSA) is 108 Å². The zero-order valence-electron chi connectivity index (χ0n) is 15.5. The number of thiol groups is 1. The van der Waals surface area contributed by atoms with Crippen LogP contribution in [0.25, 0.3) is 0 Å². The highest BCUT2D eigenvalue weighted by Gasteiger charge is 2.32. The highest BCUT2D eigenvalue weighted by Crippen LogP contribution is 2.36. The van der Waals surface area contributed by atoms with E-state index in [9.17, 15) is 9.59 Å². The van der Waals surface area contributed by atoms with Gasteiger partial charge in [-0.05, 0) is 42.1 Å². The molecule has 3 rings (SSSR count). The summed E-state index contributed by atoms with van der Waals surface area (Å²) in [7, 11) is 2.52. The molecule has 0 radical (unpaired) electrons. The van der Waals surface area contributed by atoms with Gasteiger partial charge in [-0.1, -0.05) is 17.7 Å². The average molecular weight is 447 g/mol. The van der Waals surface area contributed by atoms with Crippen LogP contribution >= 0.6 is 33.5 Å². The molecule has 1 aliphatic heterocycles. The number of hydrogen-bond acceptors (Lipinski definition) is 5. The first-order chi connectivity index (χ1) is 13.7. The van der Waals surface area contributed by atoms with Crippen molar-refractivity contribution in [2.45, 2.75) is 24.2 Å². The number of nitrogens with one attached hydrogen (secondary N) is 3. The number of nitrogen functional groups attached to an aromatic ring is 1. The van der Waals surface area contributed by atoms with Crippen molar-refractivity contribution in [2.24, 2.45) is 0 Å². The number of hydrogen-bond donors (Lipinski definition) is 5. The van der Waals surface area contributed by atoms with Gasteiger partial charge in [0.1, 0.15) is 0 Å². The lowest BCUT2D eigenvalue weighted by molar-refractivity contribution is -0.121. The molecule has 5 N–H and O–H groups in total. The fourth-order valence-electron chi connectivity index (χ4n) is 3.31. The lowest BCUT2D eigenvalue weighted by Gasteiger charge is -2.27. The van der Waals surface area contributed by atoms with Crippen LogP contribution in [-0.4, -0.2) is 18.0 Å². The molecule has 1 aliphatic rings. The van der Waals surface area contributed by atoms with Gasteiger partial charge in [0.05, 0.1) is 5.02 Å². The van der Waals surface area contributed by atoms with Gasteiger partial charge in [-0.25, -0.2) is 0 Å². The summed E-state index contributed by atoms with van der Waals surface area (Å²) in [4.78, 5) is 25.9. The highest BCUT2D eigenvalue weighted by atomic mass is 35.5. The average Bonchev–Trinajstić information content (AvgIpc) is 2.65. The van der Waals surface area contributed by atoms with Crippen LogP contribution in [-0.2, 0) is 9.59 Å². The Labute approximate surface area is 181 Å². The molecular weight excluding hydrogens is 427 g/mol. The summed E-state index contributed by atoms with van der Waals surface area (Å²) in [5, 5.41) is 14.3. The molecule has 6 nitrogen and oxygen atoms in total. The normalized spacial score (nSPS) is 16.4. The first-order valence-corrected chi connectivity index (χ1v) is 10.1. The first kappa shape index (κ1) is 21.4. The van der Waals surface area contributed by atoms with Gasteiger partial charge in [-0.15, -0.1) is 21.9 Å². The molecule has 2 amide bonds. The van der Waals surface area contributed by atoms with E-state index < -0.39 is 5.92 Å². The number of allylic oxidation sites excluding steroid dienone is 1. The Morgan fingerprint density at radius 1 is 1.41 bits per heavy atom. The Balaban J connectivity index is 2.00. The Morgan fingerprint density at radius 2 is 2.14 bits per heavy atom. The van der Waals surface area contributed by atoms with Crippen LogP contribution in [0, 0.1) is 5.41 Å². The number of carbonyl (C=O) groups is 2. The molecule has 29 heavy (non-hydrogen) atoms. The molecule has 150 valence electrons. The summed E-state index contributed by atoms with van der Waals surface area (Å²) >= 11 is 10.4. The quantitative estimate of drug-likeness (QED) is 0.215. The van der Waals surface area contributed by atoms with Gasteiger partial charge in [-0.2, -0.15) is 0 Å². The Bertz CT molecular complexity index is 1070. The minimum absolute atomic E-state index is 0.135. The maximum atomic E-state index is 13.2. The predicted octanol–water partition coefficient (Wildman–Crippen LogP) is 3.23. The minimum Gasteiger partial charge on any atom is -0.398 e. The van der Waals surface area contributed by atoms with Crippen LogP contribution in [0.3, 0.4) is 0 Å². The van der Waals surface area contributed by atoms with Gasteiger partial charge in [0.15, 0.2) is 0 Å². The predicted molar refractivity (Wildman–Crippen MR) is 124 cm³/mol. The third-order valence-corrected chi connectivity index (χ3v) is 6.05. The van der Waals surface area contributed by atoms with Crippen LogP contribution in [0.15, 0.2) is 46.5 Å². The second kappa shape index (κ2) is 8.57. The summed E-state index contributed by atoms with van der Waals surface area (Å²) < 4.78 is 0. The molecule has 9 heteroatoms. The number of benzene rings is 2. The number of rotatable bonds is 4. The van der Waals surface area contributed by atoms with Crippen molar-refractivity contribution < 1.29 is 9.59 Å². The minimum atomic E-state index is -0.434. The zero-order chi connectivity index (χ0) is 21.3. The van der Waals surface area contributed by atoms with Gasteiger partial charge < -0.3 is 21.8 Å². The number of amides is 2. The number of anilines is 2. The number of halogens is 1. The molecule has 2 aromatic carbocycles. The molecule has 2 atom stereocenters. The SMILES string of the molecule is CC1=C(C(=O)Nc2cc(C=N)c(N)cc2P)C(c2ccc(Cl)c(S)c2)CC(=O)N1. The van der Waals surface area contributed by atoms with Gasteiger partial charge in [0, 0.05) is 51.7 Å². The van der Waals surface area contributed by atoms with E-state index in [4.69, 9.17) is 22.7 Å². The summed E-state index contributed by atoms with van der Waals surface area (Å²) in [6.07, 6.45) is 1.27. The van der Waals surface area contributed by atoms with E-state index in [1.165, 1.54) is 0 Å². The fourth-order valence-corrected chi connectivity index (χ4v) is 3.99. The zero-order valence-corrected chi connectivity index (χ0v) is 18.3. The van der Waals surface area contributed by atoms with Crippen molar-refractivity contribution >= 4 is 68.2 Å².